The maximum Gasteiger partial charge on any atom is 0.250 e. The number of methoxy groups -OCH3 is 1. The van der Waals surface area contributed by atoms with Crippen LogP contribution in [-0.2, 0) is 11.2 Å². The normalized spacial score (nSPS) is 10.9. The fourth-order valence-corrected chi connectivity index (χ4v) is 2.89. The molecule has 0 spiro atoms. The molecule has 1 aromatic heterocycles. The number of nitrogens with zero attached hydrogens (tertiary/aromatic N) is 2. The molecule has 0 aliphatic carbocycles. The van der Waals surface area contributed by atoms with Crippen molar-refractivity contribution in [2.24, 2.45) is 0 Å². The Morgan fingerprint density at radius 3 is 2.77 bits per heavy atom. The molecule has 2 rings (SSSR count). The number of hydrogen-bond acceptors (Lipinski definition) is 6. The fourth-order valence-electron chi connectivity index (χ4n) is 2.21. The van der Waals surface area contributed by atoms with E-state index in [1.165, 1.54) is 17.4 Å². The van der Waals surface area contributed by atoms with E-state index >= 15 is 0 Å². The average Bonchev–Trinajstić information content (AvgIpc) is 3.11. The van der Waals surface area contributed by atoms with Crippen molar-refractivity contribution in [2.75, 3.05) is 19.0 Å². The predicted octanol–water partition coefficient (Wildman–Crippen LogP) is 4.33. The number of rotatable bonds is 10. The molecule has 0 radical (unpaired) electrons. The van der Waals surface area contributed by atoms with Crippen LogP contribution in [0.15, 0.2) is 24.3 Å². The van der Waals surface area contributed by atoms with Crippen molar-refractivity contribution in [2.45, 2.75) is 39.5 Å². The minimum atomic E-state index is -0.248. The van der Waals surface area contributed by atoms with Gasteiger partial charge in [-0.2, -0.15) is 0 Å². The van der Waals surface area contributed by atoms with Crippen LogP contribution in [0.3, 0.4) is 0 Å². The van der Waals surface area contributed by atoms with Gasteiger partial charge in [-0.3, -0.25) is 10.1 Å². The van der Waals surface area contributed by atoms with Gasteiger partial charge >= 0.3 is 0 Å². The summed E-state index contributed by atoms with van der Waals surface area (Å²) in [5, 5.41) is 12.0. The van der Waals surface area contributed by atoms with Gasteiger partial charge in [0.1, 0.15) is 5.01 Å². The standard InChI is InChI=1S/C19H25N3O3S/c1-4-6-7-12-25-15-10-8-14(13-16(15)24-3)9-11-17(23)20-19-22-21-18(5-2)26-19/h8-11,13H,4-7,12H2,1-3H3,(H,20,22,23)/b11-9+. The van der Waals surface area contributed by atoms with E-state index in [9.17, 15) is 4.79 Å². The summed E-state index contributed by atoms with van der Waals surface area (Å²) in [5.41, 5.74) is 0.851. The van der Waals surface area contributed by atoms with Crippen molar-refractivity contribution in [1.29, 1.82) is 0 Å². The first-order chi connectivity index (χ1) is 12.7. The van der Waals surface area contributed by atoms with Crippen LogP contribution in [0.5, 0.6) is 11.5 Å². The van der Waals surface area contributed by atoms with Gasteiger partial charge in [0.25, 0.3) is 0 Å². The number of aromatic nitrogens is 2. The zero-order valence-electron chi connectivity index (χ0n) is 15.4. The topological polar surface area (TPSA) is 73.3 Å². The van der Waals surface area contributed by atoms with Crippen molar-refractivity contribution in [1.82, 2.24) is 10.2 Å². The first-order valence-corrected chi connectivity index (χ1v) is 9.60. The van der Waals surface area contributed by atoms with Crippen LogP contribution in [-0.4, -0.2) is 29.8 Å². The van der Waals surface area contributed by atoms with Gasteiger partial charge in [-0.1, -0.05) is 44.1 Å². The van der Waals surface area contributed by atoms with E-state index in [4.69, 9.17) is 9.47 Å². The smallest absolute Gasteiger partial charge is 0.250 e. The van der Waals surface area contributed by atoms with E-state index in [1.54, 1.807) is 13.2 Å². The summed E-state index contributed by atoms with van der Waals surface area (Å²) in [6.07, 6.45) is 7.31. The Kier molecular flexibility index (Phi) is 8.08. The van der Waals surface area contributed by atoms with Crippen LogP contribution in [0, 0.1) is 0 Å². The first kappa shape index (κ1) is 19.9. The molecule has 0 unspecified atom stereocenters. The number of anilines is 1. The van der Waals surface area contributed by atoms with E-state index in [0.29, 0.717) is 23.2 Å². The Hall–Kier alpha value is -2.41. The lowest BCUT2D eigenvalue weighted by Gasteiger charge is -2.11. The highest BCUT2D eigenvalue weighted by atomic mass is 32.1. The monoisotopic (exact) mass is 375 g/mol. The molecule has 140 valence electrons. The number of amides is 1. The molecule has 6 nitrogen and oxygen atoms in total. The summed E-state index contributed by atoms with van der Waals surface area (Å²) < 4.78 is 11.1. The second-order valence-electron chi connectivity index (χ2n) is 5.64. The van der Waals surface area contributed by atoms with Gasteiger partial charge in [-0.25, -0.2) is 0 Å². The average molecular weight is 375 g/mol. The lowest BCUT2D eigenvalue weighted by molar-refractivity contribution is -0.111. The molecule has 2 aromatic rings. The number of carbonyl (C=O) groups excluding carboxylic acids is 1. The van der Waals surface area contributed by atoms with Gasteiger partial charge in [0.15, 0.2) is 11.5 Å². The van der Waals surface area contributed by atoms with E-state index < -0.39 is 0 Å². The molecule has 1 amide bonds. The summed E-state index contributed by atoms with van der Waals surface area (Å²) in [4.78, 5) is 12.0. The van der Waals surface area contributed by atoms with Crippen molar-refractivity contribution in [3.05, 3.63) is 34.8 Å². The number of nitrogens with one attached hydrogen (secondary N) is 1. The zero-order chi connectivity index (χ0) is 18.8. The van der Waals surface area contributed by atoms with E-state index in [-0.39, 0.29) is 5.91 Å². The SMILES string of the molecule is CCCCCOc1ccc(/C=C/C(=O)Nc2nnc(CC)s2)cc1OC. The molecule has 1 aromatic carbocycles. The lowest BCUT2D eigenvalue weighted by atomic mass is 10.2. The summed E-state index contributed by atoms with van der Waals surface area (Å²) >= 11 is 1.38. The number of carbonyl (C=O) groups is 1. The van der Waals surface area contributed by atoms with E-state index in [2.05, 4.69) is 22.4 Å². The maximum atomic E-state index is 12.0. The quantitative estimate of drug-likeness (QED) is 0.494. The Morgan fingerprint density at radius 1 is 1.23 bits per heavy atom. The predicted molar refractivity (Wildman–Crippen MR) is 105 cm³/mol. The highest BCUT2D eigenvalue weighted by Gasteiger charge is 2.07. The van der Waals surface area contributed by atoms with Gasteiger partial charge in [-0.15, -0.1) is 10.2 Å². The molecule has 0 saturated carbocycles. The second kappa shape index (κ2) is 10.6. The first-order valence-electron chi connectivity index (χ1n) is 8.78. The Bertz CT molecular complexity index is 743. The zero-order valence-corrected chi connectivity index (χ0v) is 16.3. The van der Waals surface area contributed by atoms with Crippen LogP contribution in [0.1, 0.15) is 43.7 Å². The molecule has 1 N–H and O–H groups in total. The number of unbranched alkanes of at least 4 members (excludes halogenated alkanes) is 2. The minimum Gasteiger partial charge on any atom is -0.493 e. The van der Waals surface area contributed by atoms with Crippen molar-refractivity contribution < 1.29 is 14.3 Å². The van der Waals surface area contributed by atoms with Crippen LogP contribution >= 0.6 is 11.3 Å². The third-order valence-corrected chi connectivity index (χ3v) is 4.60. The number of benzene rings is 1. The van der Waals surface area contributed by atoms with Crippen LogP contribution in [0.4, 0.5) is 5.13 Å². The largest absolute Gasteiger partial charge is 0.493 e. The summed E-state index contributed by atoms with van der Waals surface area (Å²) in [5.74, 6) is 1.12. The van der Waals surface area contributed by atoms with Crippen molar-refractivity contribution >= 4 is 28.5 Å². The second-order valence-corrected chi connectivity index (χ2v) is 6.71. The molecule has 0 aliphatic heterocycles. The van der Waals surface area contributed by atoms with Gasteiger partial charge in [0, 0.05) is 6.08 Å². The van der Waals surface area contributed by atoms with Gasteiger partial charge < -0.3 is 9.47 Å². The van der Waals surface area contributed by atoms with Crippen LogP contribution < -0.4 is 14.8 Å². The van der Waals surface area contributed by atoms with Gasteiger partial charge in [0.2, 0.25) is 11.0 Å². The molecule has 1 heterocycles. The molecule has 0 saturated heterocycles. The highest BCUT2D eigenvalue weighted by Crippen LogP contribution is 2.28. The van der Waals surface area contributed by atoms with Crippen LogP contribution in [0.25, 0.3) is 6.08 Å². The van der Waals surface area contributed by atoms with E-state index in [0.717, 1.165) is 36.3 Å². The minimum absolute atomic E-state index is 0.248. The molecule has 7 heteroatoms. The fraction of sp³-hybridized carbons (Fsp3) is 0.421. The molecule has 26 heavy (non-hydrogen) atoms. The number of ether oxygens (including phenoxy) is 2. The third kappa shape index (κ3) is 6.15. The molecular weight excluding hydrogens is 350 g/mol. The summed E-state index contributed by atoms with van der Waals surface area (Å²) in [6.45, 7) is 4.82. The summed E-state index contributed by atoms with van der Waals surface area (Å²) in [6, 6.07) is 5.60. The third-order valence-electron chi connectivity index (χ3n) is 3.62. The molecule has 0 atom stereocenters. The molecule has 0 bridgehead atoms. The van der Waals surface area contributed by atoms with Gasteiger partial charge in [-0.05, 0) is 36.6 Å². The number of aryl methyl sites for hydroxylation is 1. The highest BCUT2D eigenvalue weighted by molar-refractivity contribution is 7.15. The Labute approximate surface area is 158 Å². The van der Waals surface area contributed by atoms with Gasteiger partial charge in [0.05, 0.1) is 13.7 Å². The van der Waals surface area contributed by atoms with Crippen LogP contribution in [0.2, 0.25) is 0 Å². The molecular formula is C19H25N3O3S. The summed E-state index contributed by atoms with van der Waals surface area (Å²) in [7, 11) is 1.61. The Morgan fingerprint density at radius 2 is 2.08 bits per heavy atom. The maximum absolute atomic E-state index is 12.0. The van der Waals surface area contributed by atoms with E-state index in [1.807, 2.05) is 25.1 Å². The lowest BCUT2D eigenvalue weighted by Crippen LogP contribution is -2.07. The number of hydrogen-bond donors (Lipinski definition) is 1. The van der Waals surface area contributed by atoms with Crippen molar-refractivity contribution in [3.63, 3.8) is 0 Å². The molecule has 0 fully saturated rings. The molecule has 0 aliphatic rings. The Balaban J connectivity index is 1.95. The van der Waals surface area contributed by atoms with Crippen molar-refractivity contribution in [3.8, 4) is 11.5 Å².